The van der Waals surface area contributed by atoms with Gasteiger partial charge in [-0.1, -0.05) is 0 Å². The van der Waals surface area contributed by atoms with E-state index in [9.17, 15) is 9.59 Å². The van der Waals surface area contributed by atoms with Gasteiger partial charge in [0.1, 0.15) is 6.04 Å². The monoisotopic (exact) mass is 236 g/mol. The maximum Gasteiger partial charge on any atom is 0.328 e. The lowest BCUT2D eigenvalue weighted by molar-refractivity contribution is -0.146. The van der Waals surface area contributed by atoms with Crippen LogP contribution in [-0.4, -0.2) is 29.5 Å². The lowest BCUT2D eigenvalue weighted by Gasteiger charge is -2.12. The molecule has 0 saturated carbocycles. The summed E-state index contributed by atoms with van der Waals surface area (Å²) in [6, 6.07) is 2.90. The Morgan fingerprint density at radius 3 is 2.65 bits per heavy atom. The predicted octanol–water partition coefficient (Wildman–Crippen LogP) is 0.692. The second kappa shape index (κ2) is 6.62. The van der Waals surface area contributed by atoms with Gasteiger partial charge in [0.2, 0.25) is 5.91 Å². The highest BCUT2D eigenvalue weighted by molar-refractivity contribution is 5.85. The number of hydrogen-bond donors (Lipinski definition) is 1. The van der Waals surface area contributed by atoms with E-state index in [4.69, 9.17) is 4.74 Å². The molecule has 1 aromatic rings. The summed E-state index contributed by atoms with van der Waals surface area (Å²) in [5.41, 5.74) is 0.855. The predicted molar refractivity (Wildman–Crippen MR) is 62.2 cm³/mol. The summed E-state index contributed by atoms with van der Waals surface area (Å²) >= 11 is 0. The zero-order valence-electron chi connectivity index (χ0n) is 9.97. The van der Waals surface area contributed by atoms with E-state index in [1.165, 1.54) is 0 Å². The summed E-state index contributed by atoms with van der Waals surface area (Å²) in [4.78, 5) is 26.7. The Bertz CT molecular complexity index is 379. The summed E-state index contributed by atoms with van der Waals surface area (Å²) in [6.07, 6.45) is 3.47. The number of pyridine rings is 1. The zero-order valence-corrected chi connectivity index (χ0v) is 9.97. The van der Waals surface area contributed by atoms with Crippen molar-refractivity contribution in [1.29, 1.82) is 0 Å². The minimum absolute atomic E-state index is 0.211. The molecule has 0 spiro atoms. The van der Waals surface area contributed by atoms with Crippen molar-refractivity contribution >= 4 is 11.9 Å². The number of nitrogens with one attached hydrogen (secondary N) is 1. The number of ether oxygens (including phenoxy) is 1. The van der Waals surface area contributed by atoms with Crippen LogP contribution in [0.4, 0.5) is 0 Å². The SMILES string of the molecule is CCOC(=O)C(C)NC(=O)Cc1ccncc1. The van der Waals surface area contributed by atoms with Gasteiger partial charge in [0.25, 0.3) is 0 Å². The first kappa shape index (κ1) is 13.2. The first-order chi connectivity index (χ1) is 8.13. The van der Waals surface area contributed by atoms with E-state index in [0.29, 0.717) is 6.61 Å². The fourth-order valence-corrected chi connectivity index (χ4v) is 1.30. The van der Waals surface area contributed by atoms with E-state index in [-0.39, 0.29) is 12.3 Å². The van der Waals surface area contributed by atoms with E-state index >= 15 is 0 Å². The number of rotatable bonds is 5. The maximum absolute atomic E-state index is 11.6. The Labute approximate surface area is 100 Å². The highest BCUT2D eigenvalue weighted by atomic mass is 16.5. The van der Waals surface area contributed by atoms with Gasteiger partial charge in [0.05, 0.1) is 13.0 Å². The fraction of sp³-hybridized carbons (Fsp3) is 0.417. The van der Waals surface area contributed by atoms with Crippen molar-refractivity contribution in [2.75, 3.05) is 6.61 Å². The molecule has 0 aliphatic carbocycles. The zero-order chi connectivity index (χ0) is 12.7. The fourth-order valence-electron chi connectivity index (χ4n) is 1.30. The van der Waals surface area contributed by atoms with Gasteiger partial charge >= 0.3 is 5.97 Å². The molecule has 5 heteroatoms. The standard InChI is InChI=1S/C12H16N2O3/c1-3-17-12(16)9(2)14-11(15)8-10-4-6-13-7-5-10/h4-7,9H,3,8H2,1-2H3,(H,14,15). The molecule has 92 valence electrons. The van der Waals surface area contributed by atoms with Crippen LogP contribution in [0, 0.1) is 0 Å². The number of aromatic nitrogens is 1. The maximum atomic E-state index is 11.6. The second-order valence-corrected chi connectivity index (χ2v) is 3.57. The Kier molecular flexibility index (Phi) is 5.13. The topological polar surface area (TPSA) is 68.3 Å². The third-order valence-corrected chi connectivity index (χ3v) is 2.13. The van der Waals surface area contributed by atoms with Gasteiger partial charge in [-0.25, -0.2) is 4.79 Å². The van der Waals surface area contributed by atoms with Gasteiger partial charge in [-0.2, -0.15) is 0 Å². The van der Waals surface area contributed by atoms with Crippen molar-refractivity contribution in [1.82, 2.24) is 10.3 Å². The molecule has 0 fully saturated rings. The molecule has 1 rings (SSSR count). The van der Waals surface area contributed by atoms with Crippen LogP contribution in [0.1, 0.15) is 19.4 Å². The molecule has 1 atom stereocenters. The summed E-state index contributed by atoms with van der Waals surface area (Å²) < 4.78 is 4.79. The molecule has 1 amide bonds. The van der Waals surface area contributed by atoms with E-state index in [0.717, 1.165) is 5.56 Å². The van der Waals surface area contributed by atoms with Crippen LogP contribution in [0.15, 0.2) is 24.5 Å². The molecule has 0 aliphatic rings. The lowest BCUT2D eigenvalue weighted by atomic mass is 10.2. The van der Waals surface area contributed by atoms with Crippen LogP contribution in [0.5, 0.6) is 0 Å². The number of carbonyl (C=O) groups excluding carboxylic acids is 2. The van der Waals surface area contributed by atoms with Crippen LogP contribution in [0.25, 0.3) is 0 Å². The van der Waals surface area contributed by atoms with Crippen LogP contribution in [0.3, 0.4) is 0 Å². The molecule has 1 heterocycles. The highest BCUT2D eigenvalue weighted by Gasteiger charge is 2.16. The summed E-state index contributed by atoms with van der Waals surface area (Å²) in [7, 11) is 0. The van der Waals surface area contributed by atoms with Gasteiger partial charge in [0.15, 0.2) is 0 Å². The van der Waals surface area contributed by atoms with Gasteiger partial charge in [0, 0.05) is 12.4 Å². The number of hydrogen-bond acceptors (Lipinski definition) is 4. The Morgan fingerprint density at radius 1 is 1.41 bits per heavy atom. The molecule has 5 nitrogen and oxygen atoms in total. The molecule has 0 bridgehead atoms. The average molecular weight is 236 g/mol. The van der Waals surface area contributed by atoms with Crippen molar-refractivity contribution in [2.24, 2.45) is 0 Å². The van der Waals surface area contributed by atoms with Crippen molar-refractivity contribution in [3.05, 3.63) is 30.1 Å². The van der Waals surface area contributed by atoms with Crippen molar-refractivity contribution in [3.8, 4) is 0 Å². The molecular weight excluding hydrogens is 220 g/mol. The molecule has 1 aromatic heterocycles. The van der Waals surface area contributed by atoms with Crippen molar-refractivity contribution < 1.29 is 14.3 Å². The third-order valence-electron chi connectivity index (χ3n) is 2.13. The second-order valence-electron chi connectivity index (χ2n) is 3.57. The van der Waals surface area contributed by atoms with Gasteiger partial charge in [-0.15, -0.1) is 0 Å². The van der Waals surface area contributed by atoms with Gasteiger partial charge < -0.3 is 10.1 Å². The van der Waals surface area contributed by atoms with Gasteiger partial charge in [-0.05, 0) is 31.5 Å². The van der Waals surface area contributed by atoms with E-state index < -0.39 is 12.0 Å². The normalized spacial score (nSPS) is 11.6. The van der Waals surface area contributed by atoms with E-state index in [1.54, 1.807) is 38.4 Å². The third kappa shape index (κ3) is 4.63. The van der Waals surface area contributed by atoms with Gasteiger partial charge in [-0.3, -0.25) is 9.78 Å². The molecule has 0 saturated heterocycles. The minimum atomic E-state index is -0.621. The quantitative estimate of drug-likeness (QED) is 0.764. The molecule has 0 aliphatic heterocycles. The largest absolute Gasteiger partial charge is 0.464 e. The summed E-state index contributed by atoms with van der Waals surface area (Å²) in [5.74, 6) is -0.632. The first-order valence-electron chi connectivity index (χ1n) is 5.48. The average Bonchev–Trinajstić information content (AvgIpc) is 2.30. The summed E-state index contributed by atoms with van der Waals surface area (Å²) in [6.45, 7) is 3.63. The Morgan fingerprint density at radius 2 is 2.06 bits per heavy atom. The van der Waals surface area contributed by atoms with Crippen molar-refractivity contribution in [3.63, 3.8) is 0 Å². The van der Waals surface area contributed by atoms with E-state index in [2.05, 4.69) is 10.3 Å². The molecule has 1 unspecified atom stereocenters. The van der Waals surface area contributed by atoms with Crippen LogP contribution in [0.2, 0.25) is 0 Å². The number of esters is 1. The number of amides is 1. The first-order valence-corrected chi connectivity index (χ1v) is 5.48. The van der Waals surface area contributed by atoms with Crippen LogP contribution >= 0.6 is 0 Å². The minimum Gasteiger partial charge on any atom is -0.464 e. The number of carbonyl (C=O) groups is 2. The van der Waals surface area contributed by atoms with Crippen LogP contribution < -0.4 is 5.32 Å². The Hall–Kier alpha value is -1.91. The van der Waals surface area contributed by atoms with Crippen molar-refractivity contribution in [2.45, 2.75) is 26.3 Å². The molecule has 1 N–H and O–H groups in total. The number of nitrogens with zero attached hydrogens (tertiary/aromatic N) is 1. The highest BCUT2D eigenvalue weighted by Crippen LogP contribution is 1.98. The van der Waals surface area contributed by atoms with Crippen LogP contribution in [-0.2, 0) is 20.7 Å². The summed E-state index contributed by atoms with van der Waals surface area (Å²) in [5, 5.41) is 2.58. The lowest BCUT2D eigenvalue weighted by Crippen LogP contribution is -2.40. The Balaban J connectivity index is 2.42. The molecule has 17 heavy (non-hydrogen) atoms. The molecule has 0 radical (unpaired) electrons. The smallest absolute Gasteiger partial charge is 0.328 e. The molecule has 0 aromatic carbocycles. The molecular formula is C12H16N2O3. The van der Waals surface area contributed by atoms with E-state index in [1.807, 2.05) is 0 Å².